The molecule has 2 aliphatic heterocycles. The molecule has 2 aromatic rings. The highest BCUT2D eigenvalue weighted by Crippen LogP contribution is 2.21. The van der Waals surface area contributed by atoms with Crippen molar-refractivity contribution < 1.29 is 9.84 Å². The van der Waals surface area contributed by atoms with Crippen molar-refractivity contribution in [1.82, 2.24) is 24.5 Å². The predicted molar refractivity (Wildman–Crippen MR) is 118 cm³/mol. The summed E-state index contributed by atoms with van der Waals surface area (Å²) in [6, 6.07) is 10.7. The second-order valence-electron chi connectivity index (χ2n) is 8.81. The number of ether oxygens (including phenoxy) is 1. The molecular formula is C23H35N5O2. The summed E-state index contributed by atoms with van der Waals surface area (Å²) in [5.41, 5.74) is 3.46. The summed E-state index contributed by atoms with van der Waals surface area (Å²) in [7, 11) is 2.17. The molecule has 2 atom stereocenters. The minimum absolute atomic E-state index is 0.259. The summed E-state index contributed by atoms with van der Waals surface area (Å²) >= 11 is 0. The highest BCUT2D eigenvalue weighted by molar-refractivity contribution is 5.27. The first-order valence-corrected chi connectivity index (χ1v) is 11.0. The van der Waals surface area contributed by atoms with Crippen LogP contribution in [0.3, 0.4) is 0 Å². The number of likely N-dealkylation sites (N-methyl/N-ethyl adjacent to an activating group) is 1. The van der Waals surface area contributed by atoms with E-state index in [1.807, 2.05) is 23.7 Å². The SMILES string of the molecule is Cc1cc(C)n(CCOc2ccc(CN3C[C@H](O)[C@@H](N4CCN(C)CC4)C3)cc2)n1. The normalized spacial score (nSPS) is 23.9. The molecule has 3 heterocycles. The molecule has 0 aliphatic carbocycles. The minimum atomic E-state index is -0.259. The van der Waals surface area contributed by atoms with Crippen molar-refractivity contribution in [2.75, 3.05) is 52.9 Å². The molecule has 2 saturated heterocycles. The molecule has 4 rings (SSSR count). The predicted octanol–water partition coefficient (Wildman–Crippen LogP) is 1.37. The number of likely N-dealkylation sites (tertiary alicyclic amines) is 1. The smallest absolute Gasteiger partial charge is 0.119 e. The molecule has 164 valence electrons. The van der Waals surface area contributed by atoms with Crippen LogP contribution in [0.15, 0.2) is 30.3 Å². The van der Waals surface area contributed by atoms with Crippen molar-refractivity contribution in [3.05, 3.63) is 47.3 Å². The molecule has 0 spiro atoms. The maximum absolute atomic E-state index is 10.6. The van der Waals surface area contributed by atoms with Gasteiger partial charge in [0.1, 0.15) is 12.4 Å². The van der Waals surface area contributed by atoms with Gasteiger partial charge in [-0.2, -0.15) is 5.10 Å². The van der Waals surface area contributed by atoms with Crippen LogP contribution >= 0.6 is 0 Å². The number of rotatable bonds is 7. The Morgan fingerprint density at radius 1 is 1.07 bits per heavy atom. The number of aliphatic hydroxyl groups is 1. The number of hydrogen-bond donors (Lipinski definition) is 1. The summed E-state index contributed by atoms with van der Waals surface area (Å²) in [5, 5.41) is 15.1. The number of aliphatic hydroxyl groups excluding tert-OH is 1. The topological polar surface area (TPSA) is 57.0 Å². The van der Waals surface area contributed by atoms with Gasteiger partial charge in [0.2, 0.25) is 0 Å². The lowest BCUT2D eigenvalue weighted by molar-refractivity contribution is 0.0512. The van der Waals surface area contributed by atoms with Crippen LogP contribution in [0, 0.1) is 13.8 Å². The Balaban J connectivity index is 1.24. The lowest BCUT2D eigenvalue weighted by Gasteiger charge is -2.37. The van der Waals surface area contributed by atoms with Gasteiger partial charge >= 0.3 is 0 Å². The Kier molecular flexibility index (Phi) is 6.73. The number of aromatic nitrogens is 2. The summed E-state index contributed by atoms with van der Waals surface area (Å²) < 4.78 is 7.88. The van der Waals surface area contributed by atoms with Gasteiger partial charge in [-0.1, -0.05) is 12.1 Å². The molecule has 1 aromatic carbocycles. The maximum atomic E-state index is 10.6. The highest BCUT2D eigenvalue weighted by atomic mass is 16.5. The molecule has 2 fully saturated rings. The Bertz CT molecular complexity index is 814. The number of β-amino-alcohol motifs (C(OH)–C–C–N with tert-alkyl or cyclic N) is 1. The zero-order valence-electron chi connectivity index (χ0n) is 18.5. The van der Waals surface area contributed by atoms with Crippen LogP contribution in [-0.4, -0.2) is 94.7 Å². The fourth-order valence-corrected chi connectivity index (χ4v) is 4.59. The van der Waals surface area contributed by atoms with Crippen LogP contribution in [0.25, 0.3) is 0 Å². The van der Waals surface area contributed by atoms with E-state index in [0.717, 1.165) is 69.5 Å². The maximum Gasteiger partial charge on any atom is 0.119 e. The number of aryl methyl sites for hydroxylation is 2. The quantitative estimate of drug-likeness (QED) is 0.740. The van der Waals surface area contributed by atoms with Crippen LogP contribution in [-0.2, 0) is 13.1 Å². The van der Waals surface area contributed by atoms with E-state index in [2.05, 4.69) is 52.0 Å². The van der Waals surface area contributed by atoms with E-state index in [1.54, 1.807) is 0 Å². The molecule has 0 amide bonds. The number of nitrogens with zero attached hydrogens (tertiary/aromatic N) is 5. The first-order chi connectivity index (χ1) is 14.5. The monoisotopic (exact) mass is 413 g/mol. The zero-order valence-corrected chi connectivity index (χ0v) is 18.5. The van der Waals surface area contributed by atoms with Crippen molar-refractivity contribution >= 4 is 0 Å². The molecule has 2 aliphatic rings. The summed E-state index contributed by atoms with van der Waals surface area (Å²) in [6.07, 6.45) is -0.259. The van der Waals surface area contributed by atoms with E-state index >= 15 is 0 Å². The van der Waals surface area contributed by atoms with Gasteiger partial charge in [0.15, 0.2) is 0 Å². The standard InChI is InChI=1S/C23H35N5O2/c1-18-14-19(2)28(24-18)12-13-30-21-6-4-20(5-7-21)15-26-16-22(23(29)17-26)27-10-8-25(3)9-11-27/h4-7,14,22-23,29H,8-13,15-17H2,1-3H3/t22-,23-/m0/s1. The van der Waals surface area contributed by atoms with E-state index in [-0.39, 0.29) is 12.1 Å². The second kappa shape index (κ2) is 9.47. The first kappa shape index (κ1) is 21.3. The third-order valence-electron chi connectivity index (χ3n) is 6.35. The van der Waals surface area contributed by atoms with Gasteiger partial charge in [-0.25, -0.2) is 0 Å². The van der Waals surface area contributed by atoms with Crippen molar-refractivity contribution in [1.29, 1.82) is 0 Å². The van der Waals surface area contributed by atoms with Gasteiger partial charge in [-0.3, -0.25) is 14.5 Å². The first-order valence-electron chi connectivity index (χ1n) is 11.0. The molecule has 0 bridgehead atoms. The average molecular weight is 414 g/mol. The van der Waals surface area contributed by atoms with Crippen LogP contribution < -0.4 is 4.74 Å². The van der Waals surface area contributed by atoms with Crippen molar-refractivity contribution in [2.45, 2.75) is 39.1 Å². The zero-order chi connectivity index (χ0) is 21.1. The van der Waals surface area contributed by atoms with Crippen molar-refractivity contribution in [2.24, 2.45) is 0 Å². The molecule has 1 aromatic heterocycles. The van der Waals surface area contributed by atoms with Gasteiger partial charge < -0.3 is 14.7 Å². The van der Waals surface area contributed by atoms with Crippen LogP contribution in [0.4, 0.5) is 0 Å². The summed E-state index contributed by atoms with van der Waals surface area (Å²) in [5.74, 6) is 0.886. The van der Waals surface area contributed by atoms with E-state index in [4.69, 9.17) is 4.74 Å². The molecule has 0 radical (unpaired) electrons. The van der Waals surface area contributed by atoms with Crippen LogP contribution in [0.1, 0.15) is 17.0 Å². The van der Waals surface area contributed by atoms with Gasteiger partial charge in [0.05, 0.1) is 18.3 Å². The fourth-order valence-electron chi connectivity index (χ4n) is 4.59. The largest absolute Gasteiger partial charge is 0.492 e. The number of hydrogen-bond acceptors (Lipinski definition) is 6. The molecule has 1 N–H and O–H groups in total. The molecular weight excluding hydrogens is 378 g/mol. The molecule has 0 unspecified atom stereocenters. The van der Waals surface area contributed by atoms with E-state index < -0.39 is 0 Å². The van der Waals surface area contributed by atoms with Gasteiger partial charge in [-0.15, -0.1) is 0 Å². The number of benzene rings is 1. The molecule has 7 heteroatoms. The van der Waals surface area contributed by atoms with Crippen molar-refractivity contribution in [3.8, 4) is 5.75 Å². The van der Waals surface area contributed by atoms with Gasteiger partial charge in [0.25, 0.3) is 0 Å². The van der Waals surface area contributed by atoms with Crippen molar-refractivity contribution in [3.63, 3.8) is 0 Å². The highest BCUT2D eigenvalue weighted by Gasteiger charge is 2.36. The Labute approximate surface area is 179 Å². The minimum Gasteiger partial charge on any atom is -0.492 e. The van der Waals surface area contributed by atoms with Crippen LogP contribution in [0.2, 0.25) is 0 Å². The van der Waals surface area contributed by atoms with Gasteiger partial charge in [0, 0.05) is 57.5 Å². The average Bonchev–Trinajstić information content (AvgIpc) is 3.24. The van der Waals surface area contributed by atoms with E-state index in [0.29, 0.717) is 6.61 Å². The van der Waals surface area contributed by atoms with E-state index in [9.17, 15) is 5.11 Å². The molecule has 7 nitrogen and oxygen atoms in total. The third-order valence-corrected chi connectivity index (χ3v) is 6.35. The summed E-state index contributed by atoms with van der Waals surface area (Å²) in [4.78, 5) is 7.19. The Hall–Kier alpha value is -1.93. The summed E-state index contributed by atoms with van der Waals surface area (Å²) in [6.45, 7) is 12.3. The Morgan fingerprint density at radius 2 is 1.80 bits per heavy atom. The van der Waals surface area contributed by atoms with E-state index in [1.165, 1.54) is 5.56 Å². The fraction of sp³-hybridized carbons (Fsp3) is 0.609. The molecule has 30 heavy (non-hydrogen) atoms. The lowest BCUT2D eigenvalue weighted by Crippen LogP contribution is -2.52. The third kappa shape index (κ3) is 5.21. The molecule has 0 saturated carbocycles. The lowest BCUT2D eigenvalue weighted by atomic mass is 10.1. The Morgan fingerprint density at radius 3 is 2.47 bits per heavy atom. The number of piperazine rings is 1. The van der Waals surface area contributed by atoms with Gasteiger partial charge in [-0.05, 0) is 44.7 Å². The second-order valence-corrected chi connectivity index (χ2v) is 8.81. The van der Waals surface area contributed by atoms with Crippen LogP contribution in [0.5, 0.6) is 5.75 Å².